The molecule has 5 heteroatoms. The summed E-state index contributed by atoms with van der Waals surface area (Å²) in [5.41, 5.74) is 3.44. The van der Waals surface area contributed by atoms with Crippen LogP contribution in [0.3, 0.4) is 0 Å². The molecule has 106 valence electrons. The van der Waals surface area contributed by atoms with E-state index in [-0.39, 0.29) is 11.7 Å². The number of phenolic OH excluding ortho intramolecular Hbond substituents is 1. The van der Waals surface area contributed by atoms with Crippen LogP contribution in [-0.2, 0) is 11.2 Å². The zero-order chi connectivity index (χ0) is 14.8. The molecule has 3 rings (SSSR count). The highest BCUT2D eigenvalue weighted by molar-refractivity contribution is 5.91. The number of phenols is 1. The van der Waals surface area contributed by atoms with Gasteiger partial charge in [-0.3, -0.25) is 4.79 Å². The first-order valence-corrected chi connectivity index (χ1v) is 6.64. The third-order valence-corrected chi connectivity index (χ3v) is 3.13. The predicted octanol–water partition coefficient (Wildman–Crippen LogP) is 2.82. The van der Waals surface area contributed by atoms with Gasteiger partial charge in [0.05, 0.1) is 11.0 Å². The van der Waals surface area contributed by atoms with E-state index >= 15 is 0 Å². The highest BCUT2D eigenvalue weighted by atomic mass is 16.3. The zero-order valence-corrected chi connectivity index (χ0v) is 11.6. The Hall–Kier alpha value is -2.82. The SMILES string of the molecule is CC(=O)Nc1ccc2nc(Cc3cccc(O)c3)[nH]c2c1. The Bertz CT molecular complexity index is 808. The second-order valence-corrected chi connectivity index (χ2v) is 4.94. The van der Waals surface area contributed by atoms with Gasteiger partial charge in [0.15, 0.2) is 0 Å². The quantitative estimate of drug-likeness (QED) is 0.690. The lowest BCUT2D eigenvalue weighted by Crippen LogP contribution is -2.05. The number of H-pyrrole nitrogens is 1. The molecule has 0 fully saturated rings. The Balaban J connectivity index is 1.88. The fourth-order valence-electron chi connectivity index (χ4n) is 2.29. The first-order valence-electron chi connectivity index (χ1n) is 6.64. The summed E-state index contributed by atoms with van der Waals surface area (Å²) in [6.07, 6.45) is 0.610. The number of fused-ring (bicyclic) bond motifs is 1. The number of hydrogen-bond donors (Lipinski definition) is 3. The van der Waals surface area contributed by atoms with Crippen LogP contribution >= 0.6 is 0 Å². The lowest BCUT2D eigenvalue weighted by molar-refractivity contribution is -0.114. The van der Waals surface area contributed by atoms with Gasteiger partial charge >= 0.3 is 0 Å². The van der Waals surface area contributed by atoms with Gasteiger partial charge in [-0.2, -0.15) is 0 Å². The van der Waals surface area contributed by atoms with Crippen molar-refractivity contribution < 1.29 is 9.90 Å². The number of aromatic nitrogens is 2. The number of imidazole rings is 1. The summed E-state index contributed by atoms with van der Waals surface area (Å²) in [7, 11) is 0. The maximum absolute atomic E-state index is 11.1. The van der Waals surface area contributed by atoms with Crippen LogP contribution in [0.1, 0.15) is 18.3 Å². The number of aromatic hydroxyl groups is 1. The molecule has 0 atom stereocenters. The number of benzene rings is 2. The number of carbonyl (C=O) groups is 1. The lowest BCUT2D eigenvalue weighted by Gasteiger charge is -2.00. The predicted molar refractivity (Wildman–Crippen MR) is 81.3 cm³/mol. The van der Waals surface area contributed by atoms with Crippen molar-refractivity contribution in [1.82, 2.24) is 9.97 Å². The van der Waals surface area contributed by atoms with Gasteiger partial charge in [0.25, 0.3) is 0 Å². The number of amides is 1. The maximum Gasteiger partial charge on any atom is 0.221 e. The molecule has 0 unspecified atom stereocenters. The summed E-state index contributed by atoms with van der Waals surface area (Å²) >= 11 is 0. The molecule has 1 heterocycles. The van der Waals surface area contributed by atoms with Gasteiger partial charge in [0, 0.05) is 19.0 Å². The summed E-state index contributed by atoms with van der Waals surface area (Å²) in [5.74, 6) is 0.959. The fourth-order valence-corrected chi connectivity index (χ4v) is 2.29. The minimum Gasteiger partial charge on any atom is -0.508 e. The smallest absolute Gasteiger partial charge is 0.221 e. The van der Waals surface area contributed by atoms with Gasteiger partial charge in [-0.05, 0) is 35.9 Å². The third-order valence-electron chi connectivity index (χ3n) is 3.13. The molecule has 0 aliphatic carbocycles. The minimum atomic E-state index is -0.103. The Morgan fingerprint density at radius 1 is 1.29 bits per heavy atom. The van der Waals surface area contributed by atoms with Crippen LogP contribution in [0.5, 0.6) is 5.75 Å². The van der Waals surface area contributed by atoms with Crippen molar-refractivity contribution in [3.63, 3.8) is 0 Å². The second-order valence-electron chi connectivity index (χ2n) is 4.94. The molecule has 0 aliphatic heterocycles. The fraction of sp³-hybridized carbons (Fsp3) is 0.125. The number of nitrogens with one attached hydrogen (secondary N) is 2. The molecule has 1 amide bonds. The van der Waals surface area contributed by atoms with Crippen LogP contribution in [0.2, 0.25) is 0 Å². The van der Waals surface area contributed by atoms with E-state index in [9.17, 15) is 9.90 Å². The highest BCUT2D eigenvalue weighted by Gasteiger charge is 2.06. The van der Waals surface area contributed by atoms with Gasteiger partial charge in [-0.15, -0.1) is 0 Å². The molecule has 21 heavy (non-hydrogen) atoms. The Labute approximate surface area is 121 Å². The summed E-state index contributed by atoms with van der Waals surface area (Å²) < 4.78 is 0. The van der Waals surface area contributed by atoms with Crippen molar-refractivity contribution >= 4 is 22.6 Å². The molecular formula is C16H15N3O2. The van der Waals surface area contributed by atoms with E-state index in [0.29, 0.717) is 6.42 Å². The van der Waals surface area contributed by atoms with E-state index in [2.05, 4.69) is 15.3 Å². The van der Waals surface area contributed by atoms with E-state index in [4.69, 9.17) is 0 Å². The number of hydrogen-bond acceptors (Lipinski definition) is 3. The van der Waals surface area contributed by atoms with E-state index in [1.165, 1.54) is 6.92 Å². The summed E-state index contributed by atoms with van der Waals surface area (Å²) in [6.45, 7) is 1.48. The van der Waals surface area contributed by atoms with Crippen molar-refractivity contribution in [3.05, 3.63) is 53.9 Å². The van der Waals surface area contributed by atoms with Crippen molar-refractivity contribution in [2.45, 2.75) is 13.3 Å². The van der Waals surface area contributed by atoms with Gasteiger partial charge < -0.3 is 15.4 Å². The minimum absolute atomic E-state index is 0.103. The van der Waals surface area contributed by atoms with E-state index < -0.39 is 0 Å². The standard InChI is InChI=1S/C16H15N3O2/c1-10(20)17-12-5-6-14-15(9-12)19-16(18-14)8-11-3-2-4-13(21)7-11/h2-7,9,21H,8H2,1H3,(H,17,20)(H,18,19). The van der Waals surface area contributed by atoms with Crippen molar-refractivity contribution in [2.24, 2.45) is 0 Å². The van der Waals surface area contributed by atoms with Crippen LogP contribution < -0.4 is 5.32 Å². The Morgan fingerprint density at radius 2 is 2.14 bits per heavy atom. The molecule has 3 aromatic rings. The average Bonchev–Trinajstić information content (AvgIpc) is 2.79. The number of carbonyl (C=O) groups excluding carboxylic acids is 1. The largest absolute Gasteiger partial charge is 0.508 e. The normalized spacial score (nSPS) is 10.7. The molecule has 0 spiro atoms. The first-order chi connectivity index (χ1) is 10.1. The molecule has 3 N–H and O–H groups in total. The zero-order valence-electron chi connectivity index (χ0n) is 11.6. The molecule has 2 aromatic carbocycles. The molecular weight excluding hydrogens is 266 g/mol. The van der Waals surface area contributed by atoms with Crippen LogP contribution in [0, 0.1) is 0 Å². The monoisotopic (exact) mass is 281 g/mol. The first kappa shape index (κ1) is 13.2. The van der Waals surface area contributed by atoms with E-state index in [1.54, 1.807) is 12.1 Å². The maximum atomic E-state index is 11.1. The van der Waals surface area contributed by atoms with Crippen LogP contribution in [0.4, 0.5) is 5.69 Å². The summed E-state index contributed by atoms with van der Waals surface area (Å²) in [6, 6.07) is 12.6. The highest BCUT2D eigenvalue weighted by Crippen LogP contribution is 2.19. The number of nitrogens with zero attached hydrogens (tertiary/aromatic N) is 1. The Kier molecular flexibility index (Phi) is 3.31. The number of anilines is 1. The van der Waals surface area contributed by atoms with Crippen molar-refractivity contribution in [1.29, 1.82) is 0 Å². The van der Waals surface area contributed by atoms with Crippen molar-refractivity contribution in [3.8, 4) is 5.75 Å². The summed E-state index contributed by atoms with van der Waals surface area (Å²) in [5, 5.41) is 12.2. The van der Waals surface area contributed by atoms with Crippen molar-refractivity contribution in [2.75, 3.05) is 5.32 Å². The van der Waals surface area contributed by atoms with Gasteiger partial charge in [0.2, 0.25) is 5.91 Å². The second kappa shape index (κ2) is 5.28. The van der Waals surface area contributed by atoms with Gasteiger partial charge in [0.1, 0.15) is 11.6 Å². The van der Waals surface area contributed by atoms with E-state index in [1.807, 2.05) is 30.3 Å². The van der Waals surface area contributed by atoms with Crippen LogP contribution in [-0.4, -0.2) is 21.0 Å². The van der Waals surface area contributed by atoms with Gasteiger partial charge in [-0.1, -0.05) is 12.1 Å². The Morgan fingerprint density at radius 3 is 2.90 bits per heavy atom. The van der Waals surface area contributed by atoms with Crippen LogP contribution in [0.25, 0.3) is 11.0 Å². The lowest BCUT2D eigenvalue weighted by atomic mass is 10.1. The molecule has 0 saturated heterocycles. The summed E-state index contributed by atoms with van der Waals surface area (Å²) in [4.78, 5) is 18.8. The molecule has 0 aliphatic rings. The molecule has 0 saturated carbocycles. The average molecular weight is 281 g/mol. The topological polar surface area (TPSA) is 78.0 Å². The van der Waals surface area contributed by atoms with E-state index in [0.717, 1.165) is 28.1 Å². The molecule has 5 nitrogen and oxygen atoms in total. The number of aromatic amines is 1. The third kappa shape index (κ3) is 3.02. The van der Waals surface area contributed by atoms with Crippen LogP contribution in [0.15, 0.2) is 42.5 Å². The molecule has 1 aromatic heterocycles. The van der Waals surface area contributed by atoms with Gasteiger partial charge in [-0.25, -0.2) is 4.98 Å². The molecule has 0 radical (unpaired) electrons. The number of rotatable bonds is 3. The molecule has 0 bridgehead atoms.